The molecule has 0 aliphatic rings. The van der Waals surface area contributed by atoms with Crippen molar-refractivity contribution in [3.63, 3.8) is 0 Å². The number of nitrogens with one attached hydrogen (secondary N) is 1. The third-order valence-corrected chi connectivity index (χ3v) is 3.28. The number of unbranched alkanes of at least 4 members (excludes halogenated alkanes) is 1. The lowest BCUT2D eigenvalue weighted by Gasteiger charge is -2.19. The van der Waals surface area contributed by atoms with Gasteiger partial charge in [0.2, 0.25) is 0 Å². The summed E-state index contributed by atoms with van der Waals surface area (Å²) in [5.74, 6) is -0.985. The molecule has 1 aromatic rings. The summed E-state index contributed by atoms with van der Waals surface area (Å²) in [7, 11) is 0. The molecular weight excluding hydrogens is 380 g/mol. The quantitative estimate of drug-likeness (QED) is 0.356. The number of hydrogen-bond acceptors (Lipinski definition) is 8. The van der Waals surface area contributed by atoms with E-state index in [0.717, 1.165) is 0 Å². The van der Waals surface area contributed by atoms with Crippen molar-refractivity contribution in [1.29, 1.82) is 0 Å². The monoisotopic (exact) mass is 410 g/mol. The van der Waals surface area contributed by atoms with Crippen LogP contribution in [0, 0.1) is 0 Å². The number of ether oxygens (including phenoxy) is 4. The van der Waals surface area contributed by atoms with Crippen LogP contribution in [0.15, 0.2) is 12.1 Å². The molecule has 0 aliphatic carbocycles. The molecule has 0 unspecified atom stereocenters. The van der Waals surface area contributed by atoms with Gasteiger partial charge in [-0.25, -0.2) is 19.4 Å². The Kier molecular flexibility index (Phi) is 9.91. The topological polar surface area (TPSA) is 113 Å². The SMILES string of the molecule is CCOC(=O)c1cc(OCCCCNC(=O)OC(C)(C)C)cc(C(=O)OCC)n1. The minimum atomic E-state index is -0.648. The molecule has 9 nitrogen and oxygen atoms in total. The fourth-order valence-electron chi connectivity index (χ4n) is 2.13. The first-order valence-electron chi connectivity index (χ1n) is 9.62. The van der Waals surface area contributed by atoms with Gasteiger partial charge >= 0.3 is 18.0 Å². The highest BCUT2D eigenvalue weighted by molar-refractivity contribution is 5.92. The summed E-state index contributed by atoms with van der Waals surface area (Å²) < 4.78 is 20.6. The summed E-state index contributed by atoms with van der Waals surface area (Å²) in [6, 6.07) is 2.83. The standard InChI is InChI=1S/C20H30N2O7/c1-6-26-17(23)15-12-14(13-16(22-15)18(24)27-7-2)28-11-9-8-10-21-19(25)29-20(3,4)5/h12-13H,6-11H2,1-5H3,(H,21,25). The van der Waals surface area contributed by atoms with E-state index in [1.54, 1.807) is 34.6 Å². The highest BCUT2D eigenvalue weighted by Gasteiger charge is 2.17. The van der Waals surface area contributed by atoms with Crippen molar-refractivity contribution in [2.75, 3.05) is 26.4 Å². The number of carbonyl (C=O) groups is 3. The third-order valence-electron chi connectivity index (χ3n) is 3.28. The van der Waals surface area contributed by atoms with Gasteiger partial charge in [-0.05, 0) is 47.5 Å². The lowest BCUT2D eigenvalue weighted by molar-refractivity contribution is 0.0502. The summed E-state index contributed by atoms with van der Waals surface area (Å²) in [4.78, 5) is 39.5. The number of amides is 1. The van der Waals surface area contributed by atoms with E-state index in [1.165, 1.54) is 12.1 Å². The molecule has 0 aromatic carbocycles. The fourth-order valence-corrected chi connectivity index (χ4v) is 2.13. The van der Waals surface area contributed by atoms with Gasteiger partial charge in [-0.3, -0.25) is 0 Å². The van der Waals surface area contributed by atoms with Gasteiger partial charge in [0.15, 0.2) is 11.4 Å². The number of alkyl carbamates (subject to hydrolysis) is 1. The molecule has 29 heavy (non-hydrogen) atoms. The average Bonchev–Trinajstić information content (AvgIpc) is 2.63. The van der Waals surface area contributed by atoms with Crippen molar-refractivity contribution >= 4 is 18.0 Å². The molecule has 0 saturated heterocycles. The Hall–Kier alpha value is -2.84. The Balaban J connectivity index is 2.58. The highest BCUT2D eigenvalue weighted by Crippen LogP contribution is 2.17. The second-order valence-electron chi connectivity index (χ2n) is 7.00. The normalized spacial score (nSPS) is 10.8. The van der Waals surface area contributed by atoms with Crippen LogP contribution < -0.4 is 10.1 Å². The Morgan fingerprint density at radius 2 is 1.52 bits per heavy atom. The predicted molar refractivity (Wildman–Crippen MR) is 105 cm³/mol. The maximum absolute atomic E-state index is 12.0. The van der Waals surface area contributed by atoms with Crippen molar-refractivity contribution in [1.82, 2.24) is 10.3 Å². The number of rotatable bonds is 10. The van der Waals surface area contributed by atoms with Crippen molar-refractivity contribution in [3.8, 4) is 5.75 Å². The van der Waals surface area contributed by atoms with E-state index in [9.17, 15) is 14.4 Å². The molecule has 0 atom stereocenters. The first-order valence-corrected chi connectivity index (χ1v) is 9.62. The van der Waals surface area contributed by atoms with Crippen LogP contribution in [0.4, 0.5) is 4.79 Å². The van der Waals surface area contributed by atoms with Gasteiger partial charge in [-0.15, -0.1) is 0 Å². The smallest absolute Gasteiger partial charge is 0.407 e. The summed E-state index contributed by atoms with van der Waals surface area (Å²) >= 11 is 0. The lowest BCUT2D eigenvalue weighted by atomic mass is 10.2. The summed E-state index contributed by atoms with van der Waals surface area (Å²) in [5, 5.41) is 2.66. The van der Waals surface area contributed by atoms with E-state index < -0.39 is 23.6 Å². The molecule has 0 saturated carbocycles. The second kappa shape index (κ2) is 11.9. The van der Waals surface area contributed by atoms with E-state index in [2.05, 4.69) is 10.3 Å². The van der Waals surface area contributed by atoms with Gasteiger partial charge < -0.3 is 24.3 Å². The zero-order valence-electron chi connectivity index (χ0n) is 17.7. The van der Waals surface area contributed by atoms with Crippen molar-refractivity contribution in [2.45, 2.75) is 53.1 Å². The van der Waals surface area contributed by atoms with E-state index in [4.69, 9.17) is 18.9 Å². The van der Waals surface area contributed by atoms with Crippen LogP contribution in [-0.2, 0) is 14.2 Å². The van der Waals surface area contributed by atoms with Crippen LogP contribution in [-0.4, -0.2) is 55.0 Å². The Morgan fingerprint density at radius 1 is 0.966 bits per heavy atom. The number of esters is 2. The van der Waals surface area contributed by atoms with Crippen LogP contribution in [0.3, 0.4) is 0 Å². The van der Waals surface area contributed by atoms with Crippen LogP contribution in [0.2, 0.25) is 0 Å². The number of carbonyl (C=O) groups excluding carboxylic acids is 3. The molecule has 1 amide bonds. The maximum Gasteiger partial charge on any atom is 0.407 e. The van der Waals surface area contributed by atoms with E-state index in [0.29, 0.717) is 31.7 Å². The molecule has 0 radical (unpaired) electrons. The Bertz CT molecular complexity index is 662. The van der Waals surface area contributed by atoms with Crippen molar-refractivity contribution in [3.05, 3.63) is 23.5 Å². The second-order valence-corrected chi connectivity index (χ2v) is 7.00. The van der Waals surface area contributed by atoms with Crippen LogP contribution >= 0.6 is 0 Å². The third kappa shape index (κ3) is 9.77. The molecule has 1 heterocycles. The predicted octanol–water partition coefficient (Wildman–Crippen LogP) is 3.12. The average molecular weight is 410 g/mol. The zero-order chi connectivity index (χ0) is 21.9. The molecule has 1 N–H and O–H groups in total. The number of nitrogens with zero attached hydrogens (tertiary/aromatic N) is 1. The van der Waals surface area contributed by atoms with Gasteiger partial charge in [0.05, 0.1) is 19.8 Å². The molecule has 1 rings (SSSR count). The first-order chi connectivity index (χ1) is 13.7. The summed E-state index contributed by atoms with van der Waals surface area (Å²) in [5.41, 5.74) is -0.597. The van der Waals surface area contributed by atoms with Gasteiger partial charge in [0, 0.05) is 18.7 Å². The molecule has 0 spiro atoms. The summed E-state index contributed by atoms with van der Waals surface area (Å²) in [6.45, 7) is 9.88. The maximum atomic E-state index is 12.0. The van der Waals surface area contributed by atoms with Crippen molar-refractivity contribution in [2.24, 2.45) is 0 Å². The fraction of sp³-hybridized carbons (Fsp3) is 0.600. The summed E-state index contributed by atoms with van der Waals surface area (Å²) in [6.07, 6.45) is 0.840. The van der Waals surface area contributed by atoms with Gasteiger partial charge in [0.25, 0.3) is 0 Å². The van der Waals surface area contributed by atoms with E-state index in [-0.39, 0.29) is 24.6 Å². The van der Waals surface area contributed by atoms with Crippen LogP contribution in [0.1, 0.15) is 68.4 Å². The molecular formula is C20H30N2O7. The molecule has 9 heteroatoms. The minimum absolute atomic E-state index is 0.0287. The van der Waals surface area contributed by atoms with E-state index >= 15 is 0 Å². The minimum Gasteiger partial charge on any atom is -0.493 e. The molecule has 0 aliphatic heterocycles. The zero-order valence-corrected chi connectivity index (χ0v) is 17.7. The molecule has 0 bridgehead atoms. The largest absolute Gasteiger partial charge is 0.493 e. The number of hydrogen-bond donors (Lipinski definition) is 1. The van der Waals surface area contributed by atoms with Gasteiger partial charge in [0.1, 0.15) is 11.4 Å². The van der Waals surface area contributed by atoms with Gasteiger partial charge in [-0.2, -0.15) is 0 Å². The highest BCUT2D eigenvalue weighted by atomic mass is 16.6. The number of pyridine rings is 1. The molecule has 162 valence electrons. The van der Waals surface area contributed by atoms with Crippen LogP contribution in [0.25, 0.3) is 0 Å². The molecule has 0 fully saturated rings. The first kappa shape index (κ1) is 24.2. The van der Waals surface area contributed by atoms with Gasteiger partial charge in [-0.1, -0.05) is 0 Å². The molecule has 1 aromatic heterocycles. The Labute approximate surface area is 171 Å². The van der Waals surface area contributed by atoms with Crippen LogP contribution in [0.5, 0.6) is 5.75 Å². The van der Waals surface area contributed by atoms with E-state index in [1.807, 2.05) is 0 Å². The van der Waals surface area contributed by atoms with Crippen molar-refractivity contribution < 1.29 is 33.3 Å². The number of aromatic nitrogens is 1. The Morgan fingerprint density at radius 3 is 2.00 bits per heavy atom. The lowest BCUT2D eigenvalue weighted by Crippen LogP contribution is -2.33.